The lowest BCUT2D eigenvalue weighted by Crippen LogP contribution is -2.53. The Morgan fingerprint density at radius 2 is 0.875 bits per heavy atom. The Morgan fingerprint density at radius 3 is 1.12 bits per heavy atom. The maximum absolute atomic E-state index is 13.4. The second kappa shape index (κ2) is 16.5. The topological polar surface area (TPSA) is 52.6 Å². The summed E-state index contributed by atoms with van der Waals surface area (Å²) >= 11 is 0. The van der Waals surface area contributed by atoms with E-state index in [2.05, 4.69) is 27.7 Å². The Kier molecular flexibility index (Phi) is 16.0. The van der Waals surface area contributed by atoms with E-state index in [0.29, 0.717) is 50.7 Å². The molecule has 0 spiro atoms. The van der Waals surface area contributed by atoms with Crippen LogP contribution in [0.4, 0.5) is 0 Å². The van der Waals surface area contributed by atoms with Crippen molar-refractivity contribution in [2.45, 2.75) is 132 Å². The monoisotopic (exact) mass is 454 g/mol. The predicted octanol–water partition coefficient (Wildman–Crippen LogP) is 8.12. The van der Waals surface area contributed by atoms with E-state index in [-0.39, 0.29) is 11.9 Å². The predicted molar refractivity (Wildman–Crippen MR) is 135 cm³/mol. The van der Waals surface area contributed by atoms with Crippen molar-refractivity contribution >= 4 is 11.9 Å². The van der Waals surface area contributed by atoms with Gasteiger partial charge in [-0.2, -0.15) is 0 Å². The number of carbonyl (C=O) groups excluding carboxylic acids is 2. The van der Waals surface area contributed by atoms with Gasteiger partial charge in [0.15, 0.2) is 0 Å². The number of rotatable bonds is 19. The molecule has 0 aromatic rings. The standard InChI is InChI=1S/C28H54O4/c1-9-27(10-2,25(29)31-21-17-13-15-19-23(5)6)28(11-3,12-4)26(30)32-22-18-14-16-20-24(7)8/h23-24H,9-22H2,1-8H3. The first-order chi connectivity index (χ1) is 15.2. The minimum atomic E-state index is -0.830. The molecule has 0 radical (unpaired) electrons. The van der Waals surface area contributed by atoms with Crippen LogP contribution in [0.5, 0.6) is 0 Å². The highest BCUT2D eigenvalue weighted by Crippen LogP contribution is 2.51. The van der Waals surface area contributed by atoms with Gasteiger partial charge in [-0.05, 0) is 50.4 Å². The van der Waals surface area contributed by atoms with Gasteiger partial charge in [-0.3, -0.25) is 9.59 Å². The summed E-state index contributed by atoms with van der Waals surface area (Å²) in [5.41, 5.74) is -1.66. The molecule has 0 aliphatic rings. The highest BCUT2D eigenvalue weighted by molar-refractivity contribution is 5.88. The van der Waals surface area contributed by atoms with Crippen LogP contribution < -0.4 is 0 Å². The summed E-state index contributed by atoms with van der Waals surface area (Å²) in [5, 5.41) is 0. The fraction of sp³-hybridized carbons (Fsp3) is 0.929. The zero-order chi connectivity index (χ0) is 24.6. The molecule has 0 fully saturated rings. The summed E-state index contributed by atoms with van der Waals surface area (Å²) in [7, 11) is 0. The number of carbonyl (C=O) groups is 2. The highest BCUT2D eigenvalue weighted by atomic mass is 16.5. The molecule has 0 atom stereocenters. The number of hydrogen-bond donors (Lipinski definition) is 0. The highest BCUT2D eigenvalue weighted by Gasteiger charge is 2.58. The van der Waals surface area contributed by atoms with Crippen LogP contribution in [-0.4, -0.2) is 25.2 Å². The van der Waals surface area contributed by atoms with Crippen molar-refractivity contribution in [3.63, 3.8) is 0 Å². The van der Waals surface area contributed by atoms with Gasteiger partial charge in [0.2, 0.25) is 0 Å². The van der Waals surface area contributed by atoms with Crippen LogP contribution in [0, 0.1) is 22.7 Å². The molecule has 4 heteroatoms. The normalized spacial score (nSPS) is 12.4. The van der Waals surface area contributed by atoms with E-state index in [1.54, 1.807) is 0 Å². The second-order valence-electron chi connectivity index (χ2n) is 10.3. The Morgan fingerprint density at radius 1 is 0.562 bits per heavy atom. The Bertz CT molecular complexity index is 456. The number of unbranched alkanes of at least 4 members (excludes halogenated alkanes) is 4. The van der Waals surface area contributed by atoms with E-state index in [9.17, 15) is 9.59 Å². The van der Waals surface area contributed by atoms with E-state index in [1.807, 2.05) is 27.7 Å². The van der Waals surface area contributed by atoms with E-state index < -0.39 is 10.8 Å². The largest absolute Gasteiger partial charge is 0.465 e. The van der Waals surface area contributed by atoms with Gasteiger partial charge in [-0.15, -0.1) is 0 Å². The van der Waals surface area contributed by atoms with Crippen molar-refractivity contribution in [3.8, 4) is 0 Å². The van der Waals surface area contributed by atoms with Crippen LogP contribution in [0.3, 0.4) is 0 Å². The first kappa shape index (κ1) is 30.9. The summed E-state index contributed by atoms with van der Waals surface area (Å²) in [6, 6.07) is 0. The third kappa shape index (κ3) is 9.06. The molecule has 0 unspecified atom stereocenters. The Balaban J connectivity index is 5.09. The van der Waals surface area contributed by atoms with Gasteiger partial charge in [-0.25, -0.2) is 0 Å². The molecule has 0 rings (SSSR count). The molecule has 4 nitrogen and oxygen atoms in total. The third-order valence-electron chi connectivity index (χ3n) is 7.43. The molecule has 190 valence electrons. The summed E-state index contributed by atoms with van der Waals surface area (Å²) in [4.78, 5) is 26.8. The number of esters is 2. The van der Waals surface area contributed by atoms with Gasteiger partial charge in [0.1, 0.15) is 0 Å². The van der Waals surface area contributed by atoms with Crippen molar-refractivity contribution in [2.24, 2.45) is 22.7 Å². The van der Waals surface area contributed by atoms with Gasteiger partial charge in [-0.1, -0.05) is 93.9 Å². The van der Waals surface area contributed by atoms with E-state index >= 15 is 0 Å². The molecule has 0 amide bonds. The first-order valence-corrected chi connectivity index (χ1v) is 13.5. The SMILES string of the molecule is CCC(CC)(C(=O)OCCCCCC(C)C)C(CC)(CC)C(=O)OCCCCCC(C)C. The zero-order valence-electron chi connectivity index (χ0n) is 22.7. The van der Waals surface area contributed by atoms with Crippen LogP contribution in [0.2, 0.25) is 0 Å². The molecule has 32 heavy (non-hydrogen) atoms. The van der Waals surface area contributed by atoms with Crippen LogP contribution in [0.1, 0.15) is 132 Å². The maximum atomic E-state index is 13.4. The summed E-state index contributed by atoms with van der Waals surface area (Å²) < 4.78 is 11.6. The quantitative estimate of drug-likeness (QED) is 0.146. The molecule has 0 heterocycles. The van der Waals surface area contributed by atoms with Crippen LogP contribution in [0.25, 0.3) is 0 Å². The second-order valence-corrected chi connectivity index (χ2v) is 10.3. The smallest absolute Gasteiger partial charge is 0.313 e. The molecule has 0 saturated carbocycles. The average molecular weight is 455 g/mol. The fourth-order valence-electron chi connectivity index (χ4n) is 5.09. The molecule has 0 saturated heterocycles. The molecule has 0 bridgehead atoms. The van der Waals surface area contributed by atoms with Crippen LogP contribution in [-0.2, 0) is 19.1 Å². The molecule has 0 aromatic carbocycles. The lowest BCUT2D eigenvalue weighted by Gasteiger charge is -2.45. The van der Waals surface area contributed by atoms with Crippen molar-refractivity contribution in [3.05, 3.63) is 0 Å². The minimum Gasteiger partial charge on any atom is -0.465 e. The maximum Gasteiger partial charge on any atom is 0.313 e. The summed E-state index contributed by atoms with van der Waals surface area (Å²) in [5.74, 6) is 0.982. The molecule has 0 aliphatic heterocycles. The van der Waals surface area contributed by atoms with Crippen molar-refractivity contribution in [1.82, 2.24) is 0 Å². The van der Waals surface area contributed by atoms with E-state index in [4.69, 9.17) is 9.47 Å². The van der Waals surface area contributed by atoms with Gasteiger partial charge >= 0.3 is 11.9 Å². The minimum absolute atomic E-state index is 0.219. The van der Waals surface area contributed by atoms with Gasteiger partial charge in [0.05, 0.1) is 24.0 Å². The fourth-order valence-corrected chi connectivity index (χ4v) is 5.09. The van der Waals surface area contributed by atoms with Crippen LogP contribution >= 0.6 is 0 Å². The van der Waals surface area contributed by atoms with Crippen molar-refractivity contribution in [1.29, 1.82) is 0 Å². The van der Waals surface area contributed by atoms with Gasteiger partial charge in [0, 0.05) is 0 Å². The third-order valence-corrected chi connectivity index (χ3v) is 7.43. The molecule has 0 N–H and O–H groups in total. The number of ether oxygens (including phenoxy) is 2. The zero-order valence-corrected chi connectivity index (χ0v) is 22.7. The molecular formula is C28H54O4. The first-order valence-electron chi connectivity index (χ1n) is 13.5. The number of hydrogen-bond acceptors (Lipinski definition) is 4. The average Bonchev–Trinajstić information content (AvgIpc) is 2.76. The van der Waals surface area contributed by atoms with Crippen LogP contribution in [0.15, 0.2) is 0 Å². The van der Waals surface area contributed by atoms with Gasteiger partial charge < -0.3 is 9.47 Å². The van der Waals surface area contributed by atoms with E-state index in [0.717, 1.165) is 25.7 Å². The van der Waals surface area contributed by atoms with Crippen molar-refractivity contribution < 1.29 is 19.1 Å². The Hall–Kier alpha value is -1.06. The summed E-state index contributed by atoms with van der Waals surface area (Å²) in [6.45, 7) is 17.8. The molecule has 0 aromatic heterocycles. The summed E-state index contributed by atoms with van der Waals surface area (Å²) in [6.07, 6.45) is 11.0. The molecule has 0 aliphatic carbocycles. The lowest BCUT2D eigenvalue weighted by atomic mass is 9.57. The van der Waals surface area contributed by atoms with Gasteiger partial charge in [0.25, 0.3) is 0 Å². The lowest BCUT2D eigenvalue weighted by molar-refractivity contribution is -0.184. The van der Waals surface area contributed by atoms with E-state index in [1.165, 1.54) is 25.7 Å². The Labute approximate surface area is 199 Å². The van der Waals surface area contributed by atoms with Crippen molar-refractivity contribution in [2.75, 3.05) is 13.2 Å². The molecular weight excluding hydrogens is 400 g/mol.